The summed E-state index contributed by atoms with van der Waals surface area (Å²) in [5.74, 6) is 0.851. The van der Waals surface area contributed by atoms with Gasteiger partial charge in [-0.2, -0.15) is 0 Å². The average Bonchev–Trinajstić information content (AvgIpc) is 3.44. The van der Waals surface area contributed by atoms with E-state index in [0.717, 1.165) is 49.8 Å². The van der Waals surface area contributed by atoms with Crippen LogP contribution in [0.1, 0.15) is 56.2 Å². The SMILES string of the molecule is Cc1ccc(-c2nc(CCNC(=O)C3CCCN3C(=O)C3CCCCC3)co2)cc1. The smallest absolute Gasteiger partial charge is 0.242 e. The van der Waals surface area contributed by atoms with Crippen LogP contribution in [0.3, 0.4) is 0 Å². The number of benzene rings is 1. The molecule has 2 heterocycles. The lowest BCUT2D eigenvalue weighted by molar-refractivity contribution is -0.142. The van der Waals surface area contributed by atoms with Gasteiger partial charge >= 0.3 is 0 Å². The van der Waals surface area contributed by atoms with Crippen molar-refractivity contribution in [3.8, 4) is 11.5 Å². The monoisotopic (exact) mass is 409 g/mol. The van der Waals surface area contributed by atoms with Gasteiger partial charge in [0.2, 0.25) is 17.7 Å². The molecule has 1 N–H and O–H groups in total. The van der Waals surface area contributed by atoms with E-state index in [0.29, 0.717) is 25.4 Å². The molecule has 6 nitrogen and oxygen atoms in total. The van der Waals surface area contributed by atoms with E-state index in [-0.39, 0.29) is 23.8 Å². The zero-order valence-corrected chi connectivity index (χ0v) is 17.7. The first-order valence-electron chi connectivity index (χ1n) is 11.2. The van der Waals surface area contributed by atoms with Gasteiger partial charge < -0.3 is 14.6 Å². The van der Waals surface area contributed by atoms with Gasteiger partial charge in [0.15, 0.2) is 0 Å². The minimum Gasteiger partial charge on any atom is -0.444 e. The number of hydrogen-bond acceptors (Lipinski definition) is 4. The molecule has 1 aliphatic carbocycles. The van der Waals surface area contributed by atoms with Gasteiger partial charge in [0.05, 0.1) is 5.69 Å². The first-order valence-corrected chi connectivity index (χ1v) is 11.2. The van der Waals surface area contributed by atoms with E-state index < -0.39 is 0 Å². The highest BCUT2D eigenvalue weighted by Crippen LogP contribution is 2.29. The molecule has 6 heteroatoms. The number of likely N-dealkylation sites (tertiary alicyclic amines) is 1. The molecule has 1 atom stereocenters. The Morgan fingerprint density at radius 3 is 2.63 bits per heavy atom. The van der Waals surface area contributed by atoms with Crippen molar-refractivity contribution in [2.45, 2.75) is 64.3 Å². The first kappa shape index (κ1) is 20.6. The fourth-order valence-corrected chi connectivity index (χ4v) is 4.57. The average molecular weight is 410 g/mol. The molecule has 1 aliphatic heterocycles. The maximum atomic E-state index is 12.9. The van der Waals surface area contributed by atoms with Crippen LogP contribution in [0.25, 0.3) is 11.5 Å². The fourth-order valence-electron chi connectivity index (χ4n) is 4.57. The normalized spacial score (nSPS) is 19.8. The summed E-state index contributed by atoms with van der Waals surface area (Å²) in [6.45, 7) is 3.24. The number of aryl methyl sites for hydroxylation is 1. The van der Waals surface area contributed by atoms with Crippen molar-refractivity contribution in [2.24, 2.45) is 5.92 Å². The summed E-state index contributed by atoms with van der Waals surface area (Å²) >= 11 is 0. The molecule has 160 valence electrons. The van der Waals surface area contributed by atoms with Gasteiger partial charge in [0, 0.05) is 31.0 Å². The van der Waals surface area contributed by atoms with E-state index in [1.54, 1.807) is 6.26 Å². The molecule has 2 fully saturated rings. The standard InChI is InChI=1S/C24H31N3O3/c1-17-9-11-18(12-10-17)23-26-20(16-30-23)13-14-25-22(28)21-8-5-15-27(21)24(29)19-6-3-2-4-7-19/h9-12,16,19,21H,2-8,13-15H2,1H3,(H,25,28). The van der Waals surface area contributed by atoms with Crippen LogP contribution in [0.4, 0.5) is 0 Å². The van der Waals surface area contributed by atoms with Crippen molar-refractivity contribution in [3.63, 3.8) is 0 Å². The topological polar surface area (TPSA) is 75.4 Å². The summed E-state index contributed by atoms with van der Waals surface area (Å²) in [6, 6.07) is 7.72. The van der Waals surface area contributed by atoms with Crippen molar-refractivity contribution in [3.05, 3.63) is 41.8 Å². The zero-order chi connectivity index (χ0) is 20.9. The Morgan fingerprint density at radius 2 is 1.87 bits per heavy atom. The molecule has 0 bridgehead atoms. The van der Waals surface area contributed by atoms with Gasteiger partial charge in [-0.25, -0.2) is 4.98 Å². The maximum Gasteiger partial charge on any atom is 0.242 e. The number of carbonyl (C=O) groups is 2. The summed E-state index contributed by atoms with van der Waals surface area (Å²) in [5, 5.41) is 3.00. The molecule has 0 radical (unpaired) electrons. The Labute approximate surface area is 178 Å². The highest BCUT2D eigenvalue weighted by atomic mass is 16.3. The van der Waals surface area contributed by atoms with Gasteiger partial charge in [-0.05, 0) is 44.7 Å². The van der Waals surface area contributed by atoms with E-state index in [1.807, 2.05) is 36.1 Å². The van der Waals surface area contributed by atoms with Crippen LogP contribution < -0.4 is 5.32 Å². The van der Waals surface area contributed by atoms with E-state index in [2.05, 4.69) is 10.3 Å². The van der Waals surface area contributed by atoms with Crippen LogP contribution in [-0.4, -0.2) is 40.8 Å². The molecule has 1 saturated carbocycles. The largest absolute Gasteiger partial charge is 0.444 e. The summed E-state index contributed by atoms with van der Waals surface area (Å²) < 4.78 is 5.59. The predicted octanol–water partition coefficient (Wildman–Crippen LogP) is 3.88. The van der Waals surface area contributed by atoms with Crippen molar-refractivity contribution < 1.29 is 14.0 Å². The first-order chi connectivity index (χ1) is 14.6. The molecular weight excluding hydrogens is 378 g/mol. The Balaban J connectivity index is 1.28. The van der Waals surface area contributed by atoms with Crippen LogP contribution >= 0.6 is 0 Å². The minimum absolute atomic E-state index is 0.0427. The Kier molecular flexibility index (Phi) is 6.50. The van der Waals surface area contributed by atoms with Gasteiger partial charge in [0.1, 0.15) is 12.3 Å². The molecule has 1 saturated heterocycles. The van der Waals surface area contributed by atoms with Crippen molar-refractivity contribution >= 4 is 11.8 Å². The van der Waals surface area contributed by atoms with Crippen molar-refractivity contribution in [1.82, 2.24) is 15.2 Å². The number of hydrogen-bond donors (Lipinski definition) is 1. The number of nitrogens with zero attached hydrogens (tertiary/aromatic N) is 2. The summed E-state index contributed by atoms with van der Waals surface area (Å²) in [5.41, 5.74) is 2.95. The van der Waals surface area contributed by atoms with Gasteiger partial charge in [-0.1, -0.05) is 37.0 Å². The third-order valence-corrected chi connectivity index (χ3v) is 6.32. The molecule has 1 unspecified atom stereocenters. The number of aromatic nitrogens is 1. The van der Waals surface area contributed by atoms with Gasteiger partial charge in [-0.3, -0.25) is 9.59 Å². The van der Waals surface area contributed by atoms with Crippen molar-refractivity contribution in [1.29, 1.82) is 0 Å². The minimum atomic E-state index is -0.320. The molecule has 1 aromatic heterocycles. The number of oxazole rings is 1. The van der Waals surface area contributed by atoms with Gasteiger partial charge in [0.25, 0.3) is 0 Å². The Bertz CT molecular complexity index is 868. The van der Waals surface area contributed by atoms with E-state index >= 15 is 0 Å². The van der Waals surface area contributed by atoms with Crippen molar-refractivity contribution in [2.75, 3.05) is 13.1 Å². The third-order valence-electron chi connectivity index (χ3n) is 6.32. The second kappa shape index (κ2) is 9.45. The molecule has 0 spiro atoms. The Hall–Kier alpha value is -2.63. The number of rotatable bonds is 6. The number of carbonyl (C=O) groups excluding carboxylic acids is 2. The fraction of sp³-hybridized carbons (Fsp3) is 0.542. The summed E-state index contributed by atoms with van der Waals surface area (Å²) in [4.78, 5) is 32.0. The maximum absolute atomic E-state index is 12.9. The highest BCUT2D eigenvalue weighted by Gasteiger charge is 2.37. The lowest BCUT2D eigenvalue weighted by Gasteiger charge is -2.30. The Morgan fingerprint density at radius 1 is 1.10 bits per heavy atom. The second-order valence-electron chi connectivity index (χ2n) is 8.58. The molecule has 2 amide bonds. The summed E-state index contributed by atoms with van der Waals surface area (Å²) in [7, 11) is 0. The number of amides is 2. The lowest BCUT2D eigenvalue weighted by Crippen LogP contribution is -2.48. The molecule has 30 heavy (non-hydrogen) atoms. The van der Waals surface area contributed by atoms with Gasteiger partial charge in [-0.15, -0.1) is 0 Å². The summed E-state index contributed by atoms with van der Waals surface area (Å²) in [6.07, 6.45) is 9.33. The molecule has 1 aromatic carbocycles. The lowest BCUT2D eigenvalue weighted by atomic mass is 9.88. The van der Waals surface area contributed by atoms with Crippen LogP contribution in [0.2, 0.25) is 0 Å². The molecule has 2 aromatic rings. The molecular formula is C24H31N3O3. The van der Waals surface area contributed by atoms with E-state index in [4.69, 9.17) is 4.42 Å². The molecule has 2 aliphatic rings. The third kappa shape index (κ3) is 4.74. The zero-order valence-electron chi connectivity index (χ0n) is 17.7. The van der Waals surface area contributed by atoms with E-state index in [9.17, 15) is 9.59 Å². The quantitative estimate of drug-likeness (QED) is 0.786. The molecule has 4 rings (SSSR count). The van der Waals surface area contributed by atoms with Crippen LogP contribution in [0.15, 0.2) is 34.9 Å². The van der Waals surface area contributed by atoms with Crippen LogP contribution in [0, 0.1) is 12.8 Å². The van der Waals surface area contributed by atoms with Crippen LogP contribution in [-0.2, 0) is 16.0 Å². The van der Waals surface area contributed by atoms with E-state index in [1.165, 1.54) is 12.0 Å². The number of nitrogens with one attached hydrogen (secondary N) is 1. The predicted molar refractivity (Wildman–Crippen MR) is 115 cm³/mol. The second-order valence-corrected chi connectivity index (χ2v) is 8.58. The highest BCUT2D eigenvalue weighted by molar-refractivity contribution is 5.89. The van der Waals surface area contributed by atoms with Crippen LogP contribution in [0.5, 0.6) is 0 Å².